The van der Waals surface area contributed by atoms with E-state index in [-0.39, 0.29) is 5.41 Å². The minimum Gasteiger partial charge on any atom is -0.309 e. The highest BCUT2D eigenvalue weighted by molar-refractivity contribution is 7.26. The first-order valence-electron chi connectivity index (χ1n) is 22.6. The van der Waals surface area contributed by atoms with Gasteiger partial charge in [-0.3, -0.25) is 0 Å². The number of thiophene rings is 1. The van der Waals surface area contributed by atoms with Gasteiger partial charge in [0.2, 0.25) is 0 Å². The average molecular weight is 846 g/mol. The molecule has 1 aliphatic carbocycles. The van der Waals surface area contributed by atoms with Crippen molar-refractivity contribution in [2.45, 2.75) is 19.3 Å². The number of rotatable bonds is 6. The van der Waals surface area contributed by atoms with Gasteiger partial charge in [-0.05, 0) is 139 Å². The number of hydrogen-bond donors (Lipinski definition) is 0. The smallest absolute Gasteiger partial charge is 0.0547 e. The van der Waals surface area contributed by atoms with Crippen LogP contribution in [0.1, 0.15) is 25.0 Å². The number of nitrogens with zero attached hydrogens (tertiary/aromatic N) is 1. The van der Waals surface area contributed by atoms with E-state index in [2.05, 4.69) is 243 Å². The zero-order chi connectivity index (χ0) is 43.2. The van der Waals surface area contributed by atoms with Gasteiger partial charge in [-0.15, -0.1) is 11.3 Å². The summed E-state index contributed by atoms with van der Waals surface area (Å²) in [6, 6.07) is 83.5. The Bertz CT molecular complexity index is 3830. The van der Waals surface area contributed by atoms with Gasteiger partial charge in [0.05, 0.1) is 11.0 Å². The van der Waals surface area contributed by atoms with Crippen LogP contribution >= 0.6 is 11.3 Å². The second kappa shape index (κ2) is 14.6. The average Bonchev–Trinajstić information content (AvgIpc) is 3.99. The van der Waals surface area contributed by atoms with E-state index < -0.39 is 0 Å². The molecule has 65 heavy (non-hydrogen) atoms. The highest BCUT2D eigenvalue weighted by Crippen LogP contribution is 2.51. The Kier molecular flexibility index (Phi) is 8.50. The van der Waals surface area contributed by atoms with Crippen LogP contribution in [-0.2, 0) is 5.41 Å². The highest BCUT2D eigenvalue weighted by Gasteiger charge is 2.35. The summed E-state index contributed by atoms with van der Waals surface area (Å²) in [5, 5.41) is 5.11. The van der Waals surface area contributed by atoms with E-state index in [1.165, 1.54) is 120 Å². The van der Waals surface area contributed by atoms with Crippen molar-refractivity contribution in [2.75, 3.05) is 0 Å². The van der Waals surface area contributed by atoms with E-state index in [0.29, 0.717) is 0 Å². The zero-order valence-electron chi connectivity index (χ0n) is 36.2. The lowest BCUT2D eigenvalue weighted by Gasteiger charge is -2.22. The van der Waals surface area contributed by atoms with Crippen molar-refractivity contribution in [3.8, 4) is 72.4 Å². The molecule has 12 aromatic rings. The van der Waals surface area contributed by atoms with Gasteiger partial charge in [0.15, 0.2) is 0 Å². The van der Waals surface area contributed by atoms with Crippen LogP contribution < -0.4 is 0 Å². The normalized spacial score (nSPS) is 12.9. The van der Waals surface area contributed by atoms with E-state index in [4.69, 9.17) is 0 Å². The molecular formula is C63H43NS. The minimum absolute atomic E-state index is 0.0918. The first-order valence-corrected chi connectivity index (χ1v) is 23.4. The Morgan fingerprint density at radius 2 is 0.877 bits per heavy atom. The summed E-state index contributed by atoms with van der Waals surface area (Å²) in [6.07, 6.45) is 0. The van der Waals surface area contributed by atoms with Crippen molar-refractivity contribution in [3.05, 3.63) is 236 Å². The molecule has 0 spiro atoms. The fourth-order valence-corrected chi connectivity index (χ4v) is 11.9. The molecule has 0 aliphatic heterocycles. The van der Waals surface area contributed by atoms with Gasteiger partial charge >= 0.3 is 0 Å². The van der Waals surface area contributed by atoms with Crippen LogP contribution in [0.4, 0.5) is 0 Å². The van der Waals surface area contributed by atoms with Gasteiger partial charge in [-0.1, -0.05) is 172 Å². The van der Waals surface area contributed by atoms with Crippen LogP contribution in [0.2, 0.25) is 0 Å². The van der Waals surface area contributed by atoms with Crippen molar-refractivity contribution in [1.29, 1.82) is 0 Å². The van der Waals surface area contributed by atoms with Crippen LogP contribution in [0.3, 0.4) is 0 Å². The third-order valence-electron chi connectivity index (χ3n) is 14.0. The summed E-state index contributed by atoms with van der Waals surface area (Å²) in [5.74, 6) is 0. The van der Waals surface area contributed by atoms with Crippen LogP contribution in [0.25, 0.3) is 114 Å². The molecule has 0 amide bonds. The van der Waals surface area contributed by atoms with E-state index >= 15 is 0 Å². The Hall–Kier alpha value is -7.78. The summed E-state index contributed by atoms with van der Waals surface area (Å²) in [5.41, 5.74) is 21.1. The maximum Gasteiger partial charge on any atom is 0.0547 e. The second-order valence-electron chi connectivity index (χ2n) is 18.1. The Labute approximate surface area is 383 Å². The number of aromatic nitrogens is 1. The van der Waals surface area contributed by atoms with Gasteiger partial charge in [-0.2, -0.15) is 0 Å². The lowest BCUT2D eigenvalue weighted by molar-refractivity contribution is 0.660. The summed E-state index contributed by atoms with van der Waals surface area (Å²) in [7, 11) is 0. The van der Waals surface area contributed by atoms with Crippen molar-refractivity contribution in [3.63, 3.8) is 0 Å². The van der Waals surface area contributed by atoms with E-state index in [1.54, 1.807) is 0 Å². The zero-order valence-corrected chi connectivity index (χ0v) is 37.0. The van der Waals surface area contributed by atoms with Crippen molar-refractivity contribution in [2.24, 2.45) is 0 Å². The molecule has 0 bridgehead atoms. The molecule has 10 aromatic carbocycles. The molecule has 0 fully saturated rings. The molecule has 1 aliphatic rings. The maximum atomic E-state index is 2.48. The molecular weight excluding hydrogens is 803 g/mol. The van der Waals surface area contributed by atoms with Crippen LogP contribution in [0.15, 0.2) is 224 Å². The topological polar surface area (TPSA) is 4.93 Å². The van der Waals surface area contributed by atoms with Crippen molar-refractivity contribution >= 4 is 53.3 Å². The first kappa shape index (κ1) is 37.7. The standard InChI is InChI=1S/C63H43NS/c1-63(2)57-22-12-9-19-50(57)51-31-30-44(38-58(51)63)55-36-48(37-56-54-21-11-14-24-61(54)65-62(55)56)47-34-45(42-27-25-41(26-28-42)40-15-5-3-6-16-40)33-46(35-47)43-29-32-53-52-20-10-13-23-59(52)64(60(53)39-43)49-17-7-4-8-18-49/h3-39H,1-2H3. The van der Waals surface area contributed by atoms with E-state index in [9.17, 15) is 0 Å². The summed E-state index contributed by atoms with van der Waals surface area (Å²) in [4.78, 5) is 0. The molecule has 0 saturated heterocycles. The fourth-order valence-electron chi connectivity index (χ4n) is 10.7. The van der Waals surface area contributed by atoms with Gasteiger partial charge in [0, 0.05) is 47.6 Å². The number of para-hydroxylation sites is 2. The van der Waals surface area contributed by atoms with Gasteiger partial charge in [0.25, 0.3) is 0 Å². The number of fused-ring (bicyclic) bond motifs is 9. The lowest BCUT2D eigenvalue weighted by Crippen LogP contribution is -2.14. The molecule has 2 heterocycles. The first-order chi connectivity index (χ1) is 32.0. The summed E-state index contributed by atoms with van der Waals surface area (Å²) in [6.45, 7) is 4.76. The molecule has 0 radical (unpaired) electrons. The van der Waals surface area contributed by atoms with Gasteiger partial charge in [0.1, 0.15) is 0 Å². The maximum absolute atomic E-state index is 2.48. The Morgan fingerprint density at radius 3 is 1.68 bits per heavy atom. The molecule has 2 heteroatoms. The van der Waals surface area contributed by atoms with E-state index in [0.717, 1.165) is 5.69 Å². The number of benzene rings is 10. The SMILES string of the molecule is CC1(C)c2ccccc2-c2ccc(-c3cc(-c4cc(-c5ccc(-c6ccccc6)cc5)cc(-c5ccc6c7ccccc7n(-c7ccccc7)c6c5)c4)cc4c3sc3ccccc34)cc21. The van der Waals surface area contributed by atoms with Crippen LogP contribution in [0.5, 0.6) is 0 Å². The minimum atomic E-state index is -0.0918. The summed E-state index contributed by atoms with van der Waals surface area (Å²) >= 11 is 1.91. The quantitative estimate of drug-likeness (QED) is 0.157. The molecule has 0 N–H and O–H groups in total. The Morgan fingerprint density at radius 1 is 0.323 bits per heavy atom. The second-order valence-corrected chi connectivity index (χ2v) is 19.1. The molecule has 13 rings (SSSR count). The molecule has 1 nitrogen and oxygen atoms in total. The van der Waals surface area contributed by atoms with E-state index in [1.807, 2.05) is 11.3 Å². The summed E-state index contributed by atoms with van der Waals surface area (Å²) < 4.78 is 5.06. The van der Waals surface area contributed by atoms with Crippen molar-refractivity contribution < 1.29 is 0 Å². The predicted octanol–water partition coefficient (Wildman–Crippen LogP) is 17.8. The van der Waals surface area contributed by atoms with Crippen LogP contribution in [0, 0.1) is 0 Å². The van der Waals surface area contributed by atoms with Crippen molar-refractivity contribution in [1.82, 2.24) is 4.57 Å². The largest absolute Gasteiger partial charge is 0.309 e. The van der Waals surface area contributed by atoms with Gasteiger partial charge in [-0.25, -0.2) is 0 Å². The third kappa shape index (κ3) is 6.05. The monoisotopic (exact) mass is 845 g/mol. The number of hydrogen-bond acceptors (Lipinski definition) is 1. The fraction of sp³-hybridized carbons (Fsp3) is 0.0476. The lowest BCUT2D eigenvalue weighted by atomic mass is 9.81. The molecule has 0 saturated carbocycles. The third-order valence-corrected chi connectivity index (χ3v) is 15.2. The molecule has 306 valence electrons. The predicted molar refractivity (Wildman–Crippen MR) is 278 cm³/mol. The Balaban J connectivity index is 1.04. The molecule has 0 unspecified atom stereocenters. The highest BCUT2D eigenvalue weighted by atomic mass is 32.1. The molecule has 0 atom stereocenters. The molecule has 2 aromatic heterocycles. The van der Waals surface area contributed by atoms with Gasteiger partial charge < -0.3 is 4.57 Å². The van der Waals surface area contributed by atoms with Crippen LogP contribution in [-0.4, -0.2) is 4.57 Å².